The summed E-state index contributed by atoms with van der Waals surface area (Å²) in [6, 6.07) is 10.3. The lowest BCUT2D eigenvalue weighted by molar-refractivity contribution is -0.144. The van der Waals surface area contributed by atoms with Crippen LogP contribution in [0.4, 0.5) is 0 Å². The maximum atomic E-state index is 10.8. The maximum Gasteiger partial charge on any atom is 0.303 e. The molecule has 1 aromatic carbocycles. The van der Waals surface area contributed by atoms with E-state index in [0.29, 0.717) is 5.92 Å². The topological polar surface area (TPSA) is 26.3 Å². The van der Waals surface area contributed by atoms with Gasteiger partial charge in [-0.15, -0.1) is 0 Å². The molecule has 2 heteroatoms. The lowest BCUT2D eigenvalue weighted by Crippen LogP contribution is -2.12. The van der Waals surface area contributed by atoms with Crippen molar-refractivity contribution in [2.24, 2.45) is 0 Å². The Balaban J connectivity index is 2.00. The van der Waals surface area contributed by atoms with Crippen molar-refractivity contribution in [3.05, 3.63) is 48.0 Å². The minimum absolute atomic E-state index is 0.0484. The molecule has 1 aliphatic carbocycles. The summed E-state index contributed by atoms with van der Waals surface area (Å²) in [4.78, 5) is 10.8. The summed E-state index contributed by atoms with van der Waals surface area (Å²) in [7, 11) is 0. The van der Waals surface area contributed by atoms with E-state index in [4.69, 9.17) is 4.74 Å². The summed E-state index contributed by atoms with van der Waals surface area (Å²) < 4.78 is 5.14. The van der Waals surface area contributed by atoms with Crippen molar-refractivity contribution in [3.8, 4) is 0 Å². The Hall–Kier alpha value is -1.57. The van der Waals surface area contributed by atoms with Gasteiger partial charge in [-0.1, -0.05) is 36.4 Å². The zero-order chi connectivity index (χ0) is 10.7. The largest absolute Gasteiger partial charge is 0.458 e. The molecule has 78 valence electrons. The minimum Gasteiger partial charge on any atom is -0.458 e. The first-order valence-corrected chi connectivity index (χ1v) is 5.16. The van der Waals surface area contributed by atoms with Crippen molar-refractivity contribution < 1.29 is 9.53 Å². The molecule has 0 aliphatic heterocycles. The van der Waals surface area contributed by atoms with Crippen LogP contribution in [0.25, 0.3) is 0 Å². The van der Waals surface area contributed by atoms with Crippen LogP contribution in [0.5, 0.6) is 0 Å². The number of ether oxygens (including phenoxy) is 1. The van der Waals surface area contributed by atoms with Gasteiger partial charge in [-0.25, -0.2) is 0 Å². The summed E-state index contributed by atoms with van der Waals surface area (Å²) in [5.74, 6) is 0.175. The quantitative estimate of drug-likeness (QED) is 0.544. The number of hydrogen-bond donors (Lipinski definition) is 0. The molecule has 2 rings (SSSR count). The van der Waals surface area contributed by atoms with E-state index in [2.05, 4.69) is 18.2 Å². The van der Waals surface area contributed by atoms with E-state index in [1.165, 1.54) is 12.5 Å². The van der Waals surface area contributed by atoms with E-state index in [-0.39, 0.29) is 12.1 Å². The van der Waals surface area contributed by atoms with Crippen LogP contribution < -0.4 is 0 Å². The molecule has 0 spiro atoms. The molecule has 1 aromatic rings. The first-order valence-electron chi connectivity index (χ1n) is 5.16. The van der Waals surface area contributed by atoms with Crippen LogP contribution in [0.15, 0.2) is 42.5 Å². The Morgan fingerprint density at radius 2 is 2.00 bits per heavy atom. The van der Waals surface area contributed by atoms with Crippen molar-refractivity contribution in [2.45, 2.75) is 25.4 Å². The highest BCUT2D eigenvalue weighted by molar-refractivity contribution is 5.66. The normalized spacial score (nSPS) is 24.1. The van der Waals surface area contributed by atoms with Crippen molar-refractivity contribution in [3.63, 3.8) is 0 Å². The first kappa shape index (κ1) is 9.97. The molecular formula is C13H14O2. The maximum absolute atomic E-state index is 10.8. The third-order valence-corrected chi connectivity index (χ3v) is 2.59. The molecule has 0 radical (unpaired) electrons. The van der Waals surface area contributed by atoms with Gasteiger partial charge in [-0.3, -0.25) is 4.79 Å². The van der Waals surface area contributed by atoms with Gasteiger partial charge >= 0.3 is 5.97 Å². The van der Waals surface area contributed by atoms with E-state index >= 15 is 0 Å². The van der Waals surface area contributed by atoms with Crippen LogP contribution in [0.3, 0.4) is 0 Å². The Bertz CT molecular complexity index is 367. The lowest BCUT2D eigenvalue weighted by atomic mass is 9.98. The van der Waals surface area contributed by atoms with E-state index in [9.17, 15) is 4.79 Å². The summed E-state index contributed by atoms with van der Waals surface area (Å²) in [5.41, 5.74) is 1.28. The van der Waals surface area contributed by atoms with Gasteiger partial charge in [0.05, 0.1) is 0 Å². The van der Waals surface area contributed by atoms with Gasteiger partial charge in [0.2, 0.25) is 0 Å². The zero-order valence-electron chi connectivity index (χ0n) is 8.72. The second-order valence-electron chi connectivity index (χ2n) is 3.79. The number of esters is 1. The van der Waals surface area contributed by atoms with E-state index in [1.54, 1.807) is 0 Å². The highest BCUT2D eigenvalue weighted by Crippen LogP contribution is 2.29. The van der Waals surface area contributed by atoms with Crippen LogP contribution in [-0.4, -0.2) is 12.1 Å². The summed E-state index contributed by atoms with van der Waals surface area (Å²) >= 11 is 0. The number of carbonyl (C=O) groups excluding carboxylic acids is 1. The molecule has 0 bridgehead atoms. The lowest BCUT2D eigenvalue weighted by Gasteiger charge is -2.12. The van der Waals surface area contributed by atoms with Crippen molar-refractivity contribution in [1.29, 1.82) is 0 Å². The summed E-state index contributed by atoms with van der Waals surface area (Å²) in [5, 5.41) is 0. The molecule has 0 aromatic heterocycles. The molecule has 0 saturated carbocycles. The van der Waals surface area contributed by atoms with E-state index in [0.717, 1.165) is 6.42 Å². The number of allylic oxidation sites excluding steroid dienone is 1. The number of carbonyl (C=O) groups is 1. The minimum atomic E-state index is -0.210. The van der Waals surface area contributed by atoms with Crippen LogP contribution in [-0.2, 0) is 9.53 Å². The van der Waals surface area contributed by atoms with Crippen LogP contribution in [0, 0.1) is 0 Å². The van der Waals surface area contributed by atoms with E-state index < -0.39 is 0 Å². The first-order chi connectivity index (χ1) is 7.25. The van der Waals surface area contributed by atoms with E-state index in [1.807, 2.05) is 24.3 Å². The second-order valence-corrected chi connectivity index (χ2v) is 3.79. The smallest absolute Gasteiger partial charge is 0.303 e. The van der Waals surface area contributed by atoms with Gasteiger partial charge < -0.3 is 4.74 Å². The average molecular weight is 202 g/mol. The zero-order valence-corrected chi connectivity index (χ0v) is 8.72. The monoisotopic (exact) mass is 202 g/mol. The van der Waals surface area contributed by atoms with Crippen molar-refractivity contribution >= 4 is 5.97 Å². The second kappa shape index (κ2) is 4.30. The summed E-state index contributed by atoms with van der Waals surface area (Å²) in [6.07, 6.45) is 4.90. The average Bonchev–Trinajstić information content (AvgIpc) is 2.67. The Morgan fingerprint density at radius 3 is 2.67 bits per heavy atom. The molecule has 2 nitrogen and oxygen atoms in total. The Labute approximate surface area is 89.6 Å². The molecule has 15 heavy (non-hydrogen) atoms. The van der Waals surface area contributed by atoms with Gasteiger partial charge in [0.1, 0.15) is 6.10 Å². The molecular weight excluding hydrogens is 188 g/mol. The molecule has 0 fully saturated rings. The predicted molar refractivity (Wildman–Crippen MR) is 58.5 cm³/mol. The highest BCUT2D eigenvalue weighted by atomic mass is 16.5. The summed E-state index contributed by atoms with van der Waals surface area (Å²) in [6.45, 7) is 1.45. The number of rotatable bonds is 2. The third-order valence-electron chi connectivity index (χ3n) is 2.59. The van der Waals surface area contributed by atoms with Gasteiger partial charge in [0.25, 0.3) is 0 Å². The Kier molecular flexibility index (Phi) is 2.86. The van der Waals surface area contributed by atoms with Gasteiger partial charge in [0, 0.05) is 12.8 Å². The fourth-order valence-electron chi connectivity index (χ4n) is 1.91. The van der Waals surface area contributed by atoms with Gasteiger partial charge in [-0.2, -0.15) is 0 Å². The third kappa shape index (κ3) is 2.46. The molecule has 0 amide bonds. The van der Waals surface area contributed by atoms with Crippen molar-refractivity contribution in [2.75, 3.05) is 0 Å². The fraction of sp³-hybridized carbons (Fsp3) is 0.308. The molecule has 0 unspecified atom stereocenters. The molecule has 0 N–H and O–H groups in total. The number of benzene rings is 1. The standard InChI is InChI=1S/C13H14O2/c1-10(14)15-13-8-7-12(9-13)11-5-3-2-4-6-11/h2-8,12-13H,9H2,1H3/t12-,13+/m0/s1. The SMILES string of the molecule is CC(=O)O[C@@H]1C=C[C@H](c2ccccc2)C1. The fourth-order valence-corrected chi connectivity index (χ4v) is 1.91. The highest BCUT2D eigenvalue weighted by Gasteiger charge is 2.21. The van der Waals surface area contributed by atoms with Crippen LogP contribution >= 0.6 is 0 Å². The van der Waals surface area contributed by atoms with Gasteiger partial charge in [-0.05, 0) is 18.1 Å². The van der Waals surface area contributed by atoms with Crippen LogP contribution in [0.2, 0.25) is 0 Å². The molecule has 0 saturated heterocycles. The molecule has 2 atom stereocenters. The molecule has 1 aliphatic rings. The van der Waals surface area contributed by atoms with Crippen LogP contribution in [0.1, 0.15) is 24.8 Å². The molecule has 0 heterocycles. The Morgan fingerprint density at radius 1 is 1.27 bits per heavy atom. The van der Waals surface area contributed by atoms with Crippen molar-refractivity contribution in [1.82, 2.24) is 0 Å². The van der Waals surface area contributed by atoms with Gasteiger partial charge in [0.15, 0.2) is 0 Å². The number of hydrogen-bond acceptors (Lipinski definition) is 2. The predicted octanol–water partition coefficient (Wildman–Crippen LogP) is 2.66.